The van der Waals surface area contributed by atoms with Gasteiger partial charge in [-0.1, -0.05) is 6.92 Å². The SMILES string of the molecule is CCc1cc2c(cn1)CCC[C@@H]2N1CCc2c(cc(Cn3ccnc3)cc2-c2nn(C)cc2C(F)(F)F)C1=O. The van der Waals surface area contributed by atoms with Crippen LogP contribution < -0.4 is 0 Å². The van der Waals surface area contributed by atoms with Crippen LogP contribution in [0.2, 0.25) is 0 Å². The van der Waals surface area contributed by atoms with Gasteiger partial charge in [-0.25, -0.2) is 4.98 Å². The maximum absolute atomic E-state index is 14.1. The minimum atomic E-state index is -4.57. The summed E-state index contributed by atoms with van der Waals surface area (Å²) in [6.07, 6.45) is 7.43. The molecule has 4 aromatic rings. The van der Waals surface area contributed by atoms with Crippen LogP contribution in [0.3, 0.4) is 0 Å². The standard InChI is InChI=1S/C29H29F3N6O/c1-3-20-13-22-19(14-34-20)5-4-6-26(22)38-9-7-21-23(27-25(29(30,31)32)16-36(2)35-27)11-18(12-24(21)28(38)39)15-37-10-8-33-17-37/h8,10-14,16-17,26H,3-7,9,15H2,1-2H3/t26-/m0/s1. The Bertz CT molecular complexity index is 1540. The smallest absolute Gasteiger partial charge is 0.333 e. The Kier molecular flexibility index (Phi) is 6.28. The first-order valence-electron chi connectivity index (χ1n) is 13.2. The number of hydrogen-bond acceptors (Lipinski definition) is 4. The summed E-state index contributed by atoms with van der Waals surface area (Å²) >= 11 is 0. The molecule has 0 radical (unpaired) electrons. The molecule has 39 heavy (non-hydrogen) atoms. The molecule has 0 spiro atoms. The van der Waals surface area contributed by atoms with Crippen molar-refractivity contribution >= 4 is 5.91 Å². The Balaban J connectivity index is 1.47. The van der Waals surface area contributed by atoms with Crippen molar-refractivity contribution < 1.29 is 18.0 Å². The Labute approximate surface area is 224 Å². The third kappa shape index (κ3) is 4.62. The van der Waals surface area contributed by atoms with E-state index in [1.165, 1.54) is 17.3 Å². The highest BCUT2D eigenvalue weighted by atomic mass is 19.4. The van der Waals surface area contributed by atoms with Gasteiger partial charge in [0.05, 0.1) is 12.4 Å². The molecule has 0 saturated carbocycles. The van der Waals surface area contributed by atoms with Gasteiger partial charge in [0, 0.05) is 61.7 Å². The van der Waals surface area contributed by atoms with Crippen molar-refractivity contribution in [2.24, 2.45) is 7.05 Å². The fourth-order valence-corrected chi connectivity index (χ4v) is 5.99. The summed E-state index contributed by atoms with van der Waals surface area (Å²) in [6.45, 7) is 2.87. The predicted molar refractivity (Wildman–Crippen MR) is 139 cm³/mol. The molecule has 3 aromatic heterocycles. The van der Waals surface area contributed by atoms with Crippen molar-refractivity contribution in [1.82, 2.24) is 29.2 Å². The molecule has 0 bridgehead atoms. The third-order valence-corrected chi connectivity index (χ3v) is 7.82. The Hall–Kier alpha value is -3.95. The molecule has 0 N–H and O–H groups in total. The lowest BCUT2D eigenvalue weighted by molar-refractivity contribution is -0.137. The number of nitrogens with zero attached hydrogens (tertiary/aromatic N) is 6. The molecule has 2 aliphatic rings. The number of aromatic nitrogens is 5. The minimum absolute atomic E-state index is 0.0796. The van der Waals surface area contributed by atoms with Gasteiger partial charge in [-0.2, -0.15) is 18.3 Å². The number of alkyl halides is 3. The van der Waals surface area contributed by atoms with E-state index in [4.69, 9.17) is 0 Å². The zero-order valence-corrected chi connectivity index (χ0v) is 21.9. The quantitative estimate of drug-likeness (QED) is 0.345. The maximum atomic E-state index is 14.1. The zero-order valence-electron chi connectivity index (χ0n) is 21.9. The lowest BCUT2D eigenvalue weighted by atomic mass is 9.84. The molecule has 1 atom stereocenters. The summed E-state index contributed by atoms with van der Waals surface area (Å²) in [5, 5.41) is 4.22. The van der Waals surface area contributed by atoms with Gasteiger partial charge in [-0.3, -0.25) is 14.5 Å². The van der Waals surface area contributed by atoms with E-state index in [9.17, 15) is 18.0 Å². The summed E-state index contributed by atoms with van der Waals surface area (Å²) in [6, 6.07) is 5.61. The molecule has 0 fully saturated rings. The van der Waals surface area contributed by atoms with E-state index in [0.29, 0.717) is 36.2 Å². The van der Waals surface area contributed by atoms with Crippen LogP contribution >= 0.6 is 0 Å². The molecule has 7 nitrogen and oxygen atoms in total. The number of imidazole rings is 1. The summed E-state index contributed by atoms with van der Waals surface area (Å²) < 4.78 is 45.1. The predicted octanol–water partition coefficient (Wildman–Crippen LogP) is 5.38. The first-order chi connectivity index (χ1) is 18.7. The van der Waals surface area contributed by atoms with Gasteiger partial charge < -0.3 is 9.47 Å². The van der Waals surface area contributed by atoms with Crippen LogP contribution in [-0.2, 0) is 39.0 Å². The Morgan fingerprint density at radius 2 is 1.95 bits per heavy atom. The van der Waals surface area contributed by atoms with Crippen molar-refractivity contribution in [1.29, 1.82) is 0 Å². The summed E-state index contributed by atoms with van der Waals surface area (Å²) in [5.74, 6) is -0.151. The van der Waals surface area contributed by atoms with Gasteiger partial charge in [0.1, 0.15) is 11.3 Å². The normalized spacial score (nSPS) is 17.3. The summed E-state index contributed by atoms with van der Waals surface area (Å²) in [4.78, 5) is 24.7. The second-order valence-corrected chi connectivity index (χ2v) is 10.4. The van der Waals surface area contributed by atoms with Gasteiger partial charge in [0.15, 0.2) is 0 Å². The number of aryl methyl sites for hydroxylation is 3. The largest absolute Gasteiger partial charge is 0.420 e. The minimum Gasteiger partial charge on any atom is -0.333 e. The van der Waals surface area contributed by atoms with Gasteiger partial charge in [-0.15, -0.1) is 0 Å². The molecule has 1 aliphatic carbocycles. The van der Waals surface area contributed by atoms with Crippen LogP contribution in [0.25, 0.3) is 11.3 Å². The molecule has 10 heteroatoms. The van der Waals surface area contributed by atoms with Crippen molar-refractivity contribution in [3.8, 4) is 11.3 Å². The second-order valence-electron chi connectivity index (χ2n) is 10.4. The maximum Gasteiger partial charge on any atom is 0.420 e. The molecule has 6 rings (SSSR count). The average molecular weight is 535 g/mol. The van der Waals surface area contributed by atoms with E-state index in [1.54, 1.807) is 24.8 Å². The summed E-state index contributed by atoms with van der Waals surface area (Å²) in [7, 11) is 1.48. The van der Waals surface area contributed by atoms with E-state index in [-0.39, 0.29) is 17.6 Å². The number of halogens is 3. The average Bonchev–Trinajstić information content (AvgIpc) is 3.58. The van der Waals surface area contributed by atoms with Crippen molar-refractivity contribution in [2.75, 3.05) is 6.54 Å². The molecule has 1 aromatic carbocycles. The lowest BCUT2D eigenvalue weighted by Gasteiger charge is -2.39. The molecular formula is C29H29F3N6O. The number of benzene rings is 1. The van der Waals surface area contributed by atoms with Gasteiger partial charge in [0.2, 0.25) is 0 Å². The van der Waals surface area contributed by atoms with Gasteiger partial charge in [-0.05, 0) is 72.6 Å². The van der Waals surface area contributed by atoms with Gasteiger partial charge in [0.25, 0.3) is 5.91 Å². The summed E-state index contributed by atoms with van der Waals surface area (Å²) in [5.41, 5.74) is 4.51. The molecule has 202 valence electrons. The highest BCUT2D eigenvalue weighted by Crippen LogP contribution is 2.42. The fourth-order valence-electron chi connectivity index (χ4n) is 5.99. The molecule has 0 unspecified atom stereocenters. The number of pyridine rings is 1. The van der Waals surface area contributed by atoms with Crippen LogP contribution in [0.5, 0.6) is 0 Å². The van der Waals surface area contributed by atoms with E-state index >= 15 is 0 Å². The fraction of sp³-hybridized carbons (Fsp3) is 0.379. The lowest BCUT2D eigenvalue weighted by Crippen LogP contribution is -2.42. The monoisotopic (exact) mass is 534 g/mol. The second kappa shape index (κ2) is 9.66. The van der Waals surface area contributed by atoms with Crippen molar-refractivity contribution in [3.05, 3.63) is 88.4 Å². The van der Waals surface area contributed by atoms with E-state index in [1.807, 2.05) is 21.7 Å². The van der Waals surface area contributed by atoms with Crippen molar-refractivity contribution in [2.45, 2.75) is 57.8 Å². The number of amides is 1. The number of rotatable bonds is 5. The first-order valence-corrected chi connectivity index (χ1v) is 13.2. The van der Waals surface area contributed by atoms with Crippen LogP contribution in [0, 0.1) is 0 Å². The van der Waals surface area contributed by atoms with Crippen LogP contribution in [0.15, 0.2) is 49.3 Å². The highest BCUT2D eigenvalue weighted by Gasteiger charge is 2.39. The zero-order chi connectivity index (χ0) is 27.3. The van der Waals surface area contributed by atoms with E-state index in [0.717, 1.165) is 48.7 Å². The van der Waals surface area contributed by atoms with Crippen molar-refractivity contribution in [3.63, 3.8) is 0 Å². The number of fused-ring (bicyclic) bond motifs is 2. The molecular weight excluding hydrogens is 505 g/mol. The highest BCUT2D eigenvalue weighted by molar-refractivity contribution is 5.99. The van der Waals surface area contributed by atoms with Crippen LogP contribution in [-0.4, -0.2) is 41.7 Å². The third-order valence-electron chi connectivity index (χ3n) is 7.82. The van der Waals surface area contributed by atoms with E-state index < -0.39 is 11.7 Å². The molecule has 4 heterocycles. The molecule has 1 amide bonds. The van der Waals surface area contributed by atoms with Crippen LogP contribution in [0.4, 0.5) is 13.2 Å². The number of carbonyl (C=O) groups is 1. The topological polar surface area (TPSA) is 68.8 Å². The number of carbonyl (C=O) groups excluding carboxylic acids is 1. The first kappa shape index (κ1) is 25.3. The number of hydrogen-bond donors (Lipinski definition) is 0. The molecule has 0 saturated heterocycles. The molecule has 1 aliphatic heterocycles. The Morgan fingerprint density at radius 3 is 2.69 bits per heavy atom. The Morgan fingerprint density at radius 1 is 1.13 bits per heavy atom. The van der Waals surface area contributed by atoms with Gasteiger partial charge >= 0.3 is 6.18 Å². The van der Waals surface area contributed by atoms with Crippen LogP contribution in [0.1, 0.15) is 69.7 Å². The van der Waals surface area contributed by atoms with E-state index in [2.05, 4.69) is 28.1 Å².